The van der Waals surface area contributed by atoms with Gasteiger partial charge in [-0.15, -0.1) is 35.3 Å². The van der Waals surface area contributed by atoms with E-state index in [0.717, 1.165) is 37.8 Å². The Bertz CT molecular complexity index is 592. The van der Waals surface area contributed by atoms with Crippen molar-refractivity contribution in [3.63, 3.8) is 0 Å². The maximum absolute atomic E-state index is 4.80. The molecule has 1 aliphatic heterocycles. The summed E-state index contributed by atoms with van der Waals surface area (Å²) < 4.78 is 0. The van der Waals surface area contributed by atoms with Gasteiger partial charge in [0.15, 0.2) is 5.96 Å². The van der Waals surface area contributed by atoms with Crippen LogP contribution in [0.5, 0.6) is 0 Å². The lowest BCUT2D eigenvalue weighted by Gasteiger charge is -2.36. The predicted molar refractivity (Wildman–Crippen MR) is 136 cm³/mol. The summed E-state index contributed by atoms with van der Waals surface area (Å²) in [6.45, 7) is 9.81. The first-order valence-corrected chi connectivity index (χ1v) is 12.3. The molecule has 1 saturated heterocycles. The molecule has 29 heavy (non-hydrogen) atoms. The topological polar surface area (TPSA) is 52.6 Å². The molecule has 166 valence electrons. The van der Waals surface area contributed by atoms with Gasteiger partial charge < -0.3 is 15.5 Å². The van der Waals surface area contributed by atoms with E-state index in [1.54, 1.807) is 0 Å². The van der Waals surface area contributed by atoms with Crippen LogP contribution in [-0.4, -0.2) is 54.6 Å². The molecule has 2 N–H and O–H groups in total. The van der Waals surface area contributed by atoms with Crippen molar-refractivity contribution in [1.82, 2.24) is 20.5 Å². The zero-order valence-corrected chi connectivity index (χ0v) is 21.4. The Morgan fingerprint density at radius 3 is 2.59 bits per heavy atom. The molecule has 1 saturated carbocycles. The number of nitrogens with one attached hydrogen (secondary N) is 2. The van der Waals surface area contributed by atoms with Crippen LogP contribution in [0.1, 0.15) is 68.7 Å². The van der Waals surface area contributed by atoms with Crippen LogP contribution in [0.2, 0.25) is 0 Å². The highest BCUT2D eigenvalue weighted by Gasteiger charge is 2.23. The second-order valence-electron chi connectivity index (χ2n) is 8.31. The van der Waals surface area contributed by atoms with Crippen molar-refractivity contribution in [2.75, 3.05) is 32.7 Å². The average molecular weight is 534 g/mol. The molecule has 0 radical (unpaired) electrons. The number of piperidine rings is 1. The summed E-state index contributed by atoms with van der Waals surface area (Å²) in [5.74, 6) is 1.93. The lowest BCUT2D eigenvalue weighted by atomic mass is 9.88. The standard InChI is InChI=1S/C22H39N5S.HI/c1-3-20-16-25-21(28-20)10-13-24-22(23-4-2)26-19-11-14-27(15-12-19)17-18-8-6-5-7-9-18;/h16,18-19H,3-15,17H2,1-2H3,(H2,23,24,26);1H. The number of likely N-dealkylation sites (tertiary alicyclic amines) is 1. The van der Waals surface area contributed by atoms with Gasteiger partial charge in [-0.25, -0.2) is 4.98 Å². The van der Waals surface area contributed by atoms with Gasteiger partial charge in [0.25, 0.3) is 0 Å². The van der Waals surface area contributed by atoms with E-state index in [4.69, 9.17) is 4.99 Å². The minimum atomic E-state index is 0. The number of thiazole rings is 1. The Hall–Kier alpha value is -0.410. The van der Waals surface area contributed by atoms with Gasteiger partial charge in [0, 0.05) is 56.3 Å². The van der Waals surface area contributed by atoms with E-state index < -0.39 is 0 Å². The third-order valence-corrected chi connectivity index (χ3v) is 7.26. The highest BCUT2D eigenvalue weighted by molar-refractivity contribution is 14.0. The molecular formula is C22H40IN5S. The lowest BCUT2D eigenvalue weighted by molar-refractivity contribution is 0.160. The zero-order valence-electron chi connectivity index (χ0n) is 18.3. The maximum Gasteiger partial charge on any atom is 0.191 e. The van der Waals surface area contributed by atoms with E-state index in [1.807, 2.05) is 17.5 Å². The number of guanidine groups is 1. The van der Waals surface area contributed by atoms with Gasteiger partial charge in [0.2, 0.25) is 0 Å². The highest BCUT2D eigenvalue weighted by atomic mass is 127. The number of nitrogens with zero attached hydrogens (tertiary/aromatic N) is 3. The minimum Gasteiger partial charge on any atom is -0.357 e. The average Bonchev–Trinajstić information content (AvgIpc) is 3.18. The van der Waals surface area contributed by atoms with Crippen LogP contribution >= 0.6 is 35.3 Å². The SMILES string of the molecule is CCNC(=NCCc1ncc(CC)s1)NC1CCN(CC2CCCCC2)CC1.I. The van der Waals surface area contributed by atoms with Crippen molar-refractivity contribution in [3.05, 3.63) is 16.1 Å². The van der Waals surface area contributed by atoms with Crippen molar-refractivity contribution in [2.45, 2.75) is 77.7 Å². The summed E-state index contributed by atoms with van der Waals surface area (Å²) in [7, 11) is 0. The van der Waals surface area contributed by atoms with Crippen LogP contribution < -0.4 is 10.6 Å². The van der Waals surface area contributed by atoms with Crippen LogP contribution in [0, 0.1) is 5.92 Å². The molecule has 0 unspecified atom stereocenters. The molecule has 0 atom stereocenters. The minimum absolute atomic E-state index is 0. The van der Waals surface area contributed by atoms with E-state index in [0.29, 0.717) is 6.04 Å². The van der Waals surface area contributed by atoms with Crippen LogP contribution in [-0.2, 0) is 12.8 Å². The van der Waals surface area contributed by atoms with Gasteiger partial charge in [-0.2, -0.15) is 0 Å². The molecular weight excluding hydrogens is 493 g/mol. The van der Waals surface area contributed by atoms with E-state index in [9.17, 15) is 0 Å². The number of aromatic nitrogens is 1. The molecule has 5 nitrogen and oxygen atoms in total. The second kappa shape index (κ2) is 13.8. The van der Waals surface area contributed by atoms with Crippen LogP contribution in [0.25, 0.3) is 0 Å². The van der Waals surface area contributed by atoms with E-state index in [1.165, 1.54) is 74.5 Å². The van der Waals surface area contributed by atoms with Crippen LogP contribution in [0.3, 0.4) is 0 Å². The van der Waals surface area contributed by atoms with Gasteiger partial charge in [-0.05, 0) is 44.9 Å². The van der Waals surface area contributed by atoms with Crippen molar-refractivity contribution in [2.24, 2.45) is 10.9 Å². The van der Waals surface area contributed by atoms with Crippen molar-refractivity contribution < 1.29 is 0 Å². The molecule has 2 aliphatic rings. The molecule has 1 aromatic rings. The summed E-state index contributed by atoms with van der Waals surface area (Å²) in [4.78, 5) is 13.4. The van der Waals surface area contributed by atoms with Crippen molar-refractivity contribution in [3.8, 4) is 0 Å². The Labute approximate surface area is 198 Å². The molecule has 2 fully saturated rings. The Morgan fingerprint density at radius 2 is 1.93 bits per heavy atom. The maximum atomic E-state index is 4.80. The fourth-order valence-corrected chi connectivity index (χ4v) is 5.25. The van der Waals surface area contributed by atoms with Crippen molar-refractivity contribution >= 4 is 41.3 Å². The fourth-order valence-electron chi connectivity index (χ4n) is 4.40. The number of rotatable bonds is 8. The Balaban J connectivity index is 0.00000300. The normalized spacial score (nSPS) is 19.7. The third kappa shape index (κ3) is 8.69. The molecule has 1 aromatic heterocycles. The molecule has 3 rings (SSSR count). The summed E-state index contributed by atoms with van der Waals surface area (Å²) >= 11 is 1.82. The molecule has 7 heteroatoms. The number of aryl methyl sites for hydroxylation is 1. The van der Waals surface area contributed by atoms with E-state index in [-0.39, 0.29) is 24.0 Å². The molecule has 0 bridgehead atoms. The molecule has 2 heterocycles. The molecule has 0 aromatic carbocycles. The smallest absolute Gasteiger partial charge is 0.191 e. The van der Waals surface area contributed by atoms with Gasteiger partial charge in [0.1, 0.15) is 0 Å². The van der Waals surface area contributed by atoms with E-state index in [2.05, 4.69) is 34.4 Å². The summed E-state index contributed by atoms with van der Waals surface area (Å²) in [6.07, 6.45) is 13.7. The highest BCUT2D eigenvalue weighted by Crippen LogP contribution is 2.25. The number of hydrogen-bond acceptors (Lipinski definition) is 4. The number of aliphatic imine (C=N–C) groups is 1. The third-order valence-electron chi connectivity index (χ3n) is 6.06. The summed E-state index contributed by atoms with van der Waals surface area (Å²) in [6, 6.07) is 0.548. The van der Waals surface area contributed by atoms with Crippen LogP contribution in [0.15, 0.2) is 11.2 Å². The monoisotopic (exact) mass is 533 g/mol. The van der Waals surface area contributed by atoms with Gasteiger partial charge in [-0.1, -0.05) is 26.2 Å². The number of hydrogen-bond donors (Lipinski definition) is 2. The molecule has 0 spiro atoms. The zero-order chi connectivity index (χ0) is 19.6. The molecule has 0 amide bonds. The van der Waals surface area contributed by atoms with Crippen molar-refractivity contribution in [1.29, 1.82) is 0 Å². The van der Waals surface area contributed by atoms with Crippen LogP contribution in [0.4, 0.5) is 0 Å². The first-order valence-electron chi connectivity index (χ1n) is 11.5. The Kier molecular flexibility index (Phi) is 11.8. The quantitative estimate of drug-likeness (QED) is 0.294. The summed E-state index contributed by atoms with van der Waals surface area (Å²) in [5, 5.41) is 8.30. The Morgan fingerprint density at radius 1 is 1.17 bits per heavy atom. The van der Waals surface area contributed by atoms with E-state index >= 15 is 0 Å². The molecule has 1 aliphatic carbocycles. The largest absolute Gasteiger partial charge is 0.357 e. The first kappa shape index (κ1) is 24.9. The lowest BCUT2D eigenvalue weighted by Crippen LogP contribution is -2.49. The van der Waals surface area contributed by atoms with Gasteiger partial charge in [-0.3, -0.25) is 4.99 Å². The number of halogens is 1. The second-order valence-corrected chi connectivity index (χ2v) is 9.51. The van der Waals surface area contributed by atoms with Gasteiger partial charge in [0.05, 0.1) is 5.01 Å². The first-order chi connectivity index (χ1) is 13.8. The predicted octanol–water partition coefficient (Wildman–Crippen LogP) is 4.47. The fraction of sp³-hybridized carbons (Fsp3) is 0.818. The summed E-state index contributed by atoms with van der Waals surface area (Å²) in [5.41, 5.74) is 0. The van der Waals surface area contributed by atoms with Gasteiger partial charge >= 0.3 is 0 Å².